The average Bonchev–Trinajstić information content (AvgIpc) is 3.98. The zero-order valence-corrected chi connectivity index (χ0v) is 32.9. The molecule has 0 radical (unpaired) electrons. The summed E-state index contributed by atoms with van der Waals surface area (Å²) in [6.07, 6.45) is 0. The van der Waals surface area contributed by atoms with Crippen molar-refractivity contribution in [3.05, 3.63) is 200 Å². The summed E-state index contributed by atoms with van der Waals surface area (Å²) < 4.78 is 11.7. The van der Waals surface area contributed by atoms with Gasteiger partial charge in [-0.2, -0.15) is 0 Å². The van der Waals surface area contributed by atoms with Crippen molar-refractivity contribution in [2.45, 2.75) is 0 Å². The zero-order valence-electron chi connectivity index (χ0n) is 31.2. The van der Waals surface area contributed by atoms with Crippen molar-refractivity contribution in [2.75, 3.05) is 4.90 Å². The Bertz CT molecular complexity index is 3500. The Morgan fingerprint density at radius 3 is 1.57 bits per heavy atom. The van der Waals surface area contributed by atoms with E-state index in [4.69, 9.17) is 4.42 Å². The smallest absolute Gasteiger partial charge is 0.143 e. The minimum atomic E-state index is 0.897. The number of benzene rings is 9. The van der Waals surface area contributed by atoms with Crippen LogP contribution in [0.3, 0.4) is 0 Å². The van der Waals surface area contributed by atoms with Gasteiger partial charge in [0.05, 0.1) is 0 Å². The van der Waals surface area contributed by atoms with Crippen molar-refractivity contribution in [3.63, 3.8) is 0 Å². The van der Waals surface area contributed by atoms with Crippen molar-refractivity contribution in [2.24, 2.45) is 0 Å². The number of thiophene rings is 2. The van der Waals surface area contributed by atoms with Crippen LogP contribution in [0.5, 0.6) is 0 Å². The second-order valence-corrected chi connectivity index (χ2v) is 17.0. The molecule has 0 amide bonds. The number of fused-ring (bicyclic) bond motifs is 9. The van der Waals surface area contributed by atoms with E-state index in [2.05, 4.69) is 199 Å². The Balaban J connectivity index is 0.936. The molecular formula is C54H33NOS2. The molecule has 0 atom stereocenters. The molecule has 12 aromatic rings. The second-order valence-electron chi connectivity index (χ2n) is 14.9. The van der Waals surface area contributed by atoms with Crippen LogP contribution in [-0.2, 0) is 0 Å². The van der Waals surface area contributed by atoms with Gasteiger partial charge in [-0.3, -0.25) is 0 Å². The molecule has 58 heavy (non-hydrogen) atoms. The number of anilines is 3. The van der Waals surface area contributed by atoms with Crippen LogP contribution >= 0.6 is 22.7 Å². The molecular weight excluding hydrogens is 743 g/mol. The van der Waals surface area contributed by atoms with Gasteiger partial charge >= 0.3 is 0 Å². The lowest BCUT2D eigenvalue weighted by Crippen LogP contribution is -2.09. The van der Waals surface area contributed by atoms with Gasteiger partial charge in [0.2, 0.25) is 0 Å². The second kappa shape index (κ2) is 13.3. The predicted octanol–water partition coefficient (Wildman–Crippen LogP) is 16.8. The summed E-state index contributed by atoms with van der Waals surface area (Å²) in [5, 5.41) is 7.50. The van der Waals surface area contributed by atoms with Gasteiger partial charge in [0.1, 0.15) is 11.2 Å². The minimum absolute atomic E-state index is 0.897. The van der Waals surface area contributed by atoms with Crippen LogP contribution in [0.25, 0.3) is 95.7 Å². The van der Waals surface area contributed by atoms with Crippen molar-refractivity contribution in [1.29, 1.82) is 0 Å². The first kappa shape index (κ1) is 33.2. The van der Waals surface area contributed by atoms with E-state index in [9.17, 15) is 0 Å². The van der Waals surface area contributed by atoms with Gasteiger partial charge in [0.15, 0.2) is 0 Å². The zero-order chi connectivity index (χ0) is 38.2. The molecule has 0 aliphatic heterocycles. The molecule has 0 bridgehead atoms. The summed E-state index contributed by atoms with van der Waals surface area (Å²) in [6.45, 7) is 0. The Kier molecular flexibility index (Phi) is 7.62. The molecule has 0 aliphatic carbocycles. The molecule has 0 aliphatic rings. The van der Waals surface area contributed by atoms with Gasteiger partial charge in [-0.15, -0.1) is 22.7 Å². The van der Waals surface area contributed by atoms with Crippen molar-refractivity contribution >= 4 is 102 Å². The SMILES string of the molecule is c1ccc(-c2cccc3c2oc2ccc(-c4ccc(N(c5ccc(-c6ccc7sc8ccccc8c7c6)cc5)c5ccc6c(c5)sc5ccccc56)cc4)cc23)cc1. The third-order valence-electron chi connectivity index (χ3n) is 11.5. The topological polar surface area (TPSA) is 16.4 Å². The Hall–Kier alpha value is -6.98. The summed E-state index contributed by atoms with van der Waals surface area (Å²) in [5.74, 6) is 0. The van der Waals surface area contributed by atoms with E-state index in [1.54, 1.807) is 0 Å². The Morgan fingerprint density at radius 1 is 0.310 bits per heavy atom. The van der Waals surface area contributed by atoms with Gasteiger partial charge in [-0.1, -0.05) is 127 Å². The molecule has 272 valence electrons. The lowest BCUT2D eigenvalue weighted by molar-refractivity contribution is 0.670. The molecule has 4 heteroatoms. The molecule has 0 fully saturated rings. The van der Waals surface area contributed by atoms with Crippen molar-refractivity contribution in [1.82, 2.24) is 0 Å². The molecule has 12 rings (SSSR count). The normalized spacial score (nSPS) is 11.8. The van der Waals surface area contributed by atoms with Crippen molar-refractivity contribution in [3.8, 4) is 33.4 Å². The predicted molar refractivity (Wildman–Crippen MR) is 250 cm³/mol. The number of furan rings is 1. The summed E-state index contributed by atoms with van der Waals surface area (Å²) in [4.78, 5) is 2.38. The van der Waals surface area contributed by atoms with E-state index in [1.165, 1.54) is 51.5 Å². The number of para-hydroxylation sites is 1. The quantitative estimate of drug-likeness (QED) is 0.167. The fraction of sp³-hybridized carbons (Fsp3) is 0. The highest BCUT2D eigenvalue weighted by Crippen LogP contribution is 2.43. The number of hydrogen-bond donors (Lipinski definition) is 0. The molecule has 0 spiro atoms. The van der Waals surface area contributed by atoms with Gasteiger partial charge in [0, 0.05) is 73.7 Å². The third kappa shape index (κ3) is 5.45. The molecule has 0 unspecified atom stereocenters. The van der Waals surface area contributed by atoms with E-state index in [0.717, 1.165) is 61.3 Å². The van der Waals surface area contributed by atoms with Crippen LogP contribution in [0.1, 0.15) is 0 Å². The molecule has 2 nitrogen and oxygen atoms in total. The molecule has 3 aromatic heterocycles. The van der Waals surface area contributed by atoms with E-state index in [-0.39, 0.29) is 0 Å². The summed E-state index contributed by atoms with van der Waals surface area (Å²) in [7, 11) is 0. The third-order valence-corrected chi connectivity index (χ3v) is 13.8. The molecule has 9 aromatic carbocycles. The summed E-state index contributed by atoms with van der Waals surface area (Å²) in [5.41, 5.74) is 12.2. The monoisotopic (exact) mass is 775 g/mol. The fourth-order valence-corrected chi connectivity index (χ4v) is 10.9. The average molecular weight is 776 g/mol. The van der Waals surface area contributed by atoms with Crippen LogP contribution < -0.4 is 4.90 Å². The van der Waals surface area contributed by atoms with Crippen LogP contribution in [0.2, 0.25) is 0 Å². The largest absolute Gasteiger partial charge is 0.455 e. The van der Waals surface area contributed by atoms with Crippen LogP contribution in [0.4, 0.5) is 17.1 Å². The van der Waals surface area contributed by atoms with Gasteiger partial charge in [-0.05, 0) is 101 Å². The Labute approximate surface area is 343 Å². The lowest BCUT2D eigenvalue weighted by atomic mass is 10.00. The molecule has 0 N–H and O–H groups in total. The molecule has 0 saturated heterocycles. The minimum Gasteiger partial charge on any atom is -0.455 e. The van der Waals surface area contributed by atoms with Crippen LogP contribution in [0.15, 0.2) is 205 Å². The highest BCUT2D eigenvalue weighted by Gasteiger charge is 2.17. The van der Waals surface area contributed by atoms with Crippen LogP contribution in [-0.4, -0.2) is 0 Å². The maximum atomic E-state index is 6.49. The number of hydrogen-bond acceptors (Lipinski definition) is 4. The fourth-order valence-electron chi connectivity index (χ4n) is 8.64. The van der Waals surface area contributed by atoms with E-state index < -0.39 is 0 Å². The van der Waals surface area contributed by atoms with E-state index in [1.807, 2.05) is 28.7 Å². The summed E-state index contributed by atoms with van der Waals surface area (Å²) in [6, 6.07) is 72.7. The highest BCUT2D eigenvalue weighted by atomic mass is 32.1. The maximum absolute atomic E-state index is 6.49. The maximum Gasteiger partial charge on any atom is 0.143 e. The van der Waals surface area contributed by atoms with Gasteiger partial charge in [0.25, 0.3) is 0 Å². The molecule has 0 saturated carbocycles. The van der Waals surface area contributed by atoms with Gasteiger partial charge in [-0.25, -0.2) is 0 Å². The van der Waals surface area contributed by atoms with Gasteiger partial charge < -0.3 is 9.32 Å². The molecule has 3 heterocycles. The number of rotatable bonds is 6. The first-order valence-corrected chi connectivity index (χ1v) is 21.2. The van der Waals surface area contributed by atoms with E-state index in [0.29, 0.717) is 0 Å². The first-order valence-electron chi connectivity index (χ1n) is 19.6. The lowest BCUT2D eigenvalue weighted by Gasteiger charge is -2.26. The van der Waals surface area contributed by atoms with E-state index >= 15 is 0 Å². The van der Waals surface area contributed by atoms with Crippen LogP contribution in [0, 0.1) is 0 Å². The Morgan fingerprint density at radius 2 is 0.845 bits per heavy atom. The summed E-state index contributed by atoms with van der Waals surface area (Å²) >= 11 is 3.71. The van der Waals surface area contributed by atoms with Crippen molar-refractivity contribution < 1.29 is 4.42 Å². The first-order chi connectivity index (χ1) is 28.7. The standard InChI is InChI=1S/C54H33NOS2/c1-2-9-36(10-3-1)42-13-8-14-46-47-31-37(21-29-49(47)56-54(42)46)34-17-23-39(24-18-34)55(41-27-28-45-43-11-4-6-15-50(43)58-53(45)33-41)40-25-19-35(20-26-40)38-22-30-52-48(32-38)44-12-5-7-16-51(44)57-52/h1-33H. The highest BCUT2D eigenvalue weighted by molar-refractivity contribution is 7.26. The number of nitrogens with zero attached hydrogens (tertiary/aromatic N) is 1.